The van der Waals surface area contributed by atoms with E-state index in [1.807, 2.05) is 0 Å². The van der Waals surface area contributed by atoms with Gasteiger partial charge in [-0.1, -0.05) is 13.0 Å². The first-order valence-electron chi connectivity index (χ1n) is 7.43. The zero-order chi connectivity index (χ0) is 15.0. The molecule has 1 heterocycles. The third-order valence-corrected chi connectivity index (χ3v) is 4.86. The fourth-order valence-corrected chi connectivity index (χ4v) is 3.34. The van der Waals surface area contributed by atoms with E-state index in [1.54, 1.807) is 18.2 Å². The lowest BCUT2D eigenvalue weighted by Gasteiger charge is -2.36. The minimum atomic E-state index is -0.984. The van der Waals surface area contributed by atoms with Gasteiger partial charge < -0.3 is 15.7 Å². The lowest BCUT2D eigenvalue weighted by atomic mass is 9.70. The average Bonchev–Trinajstić information content (AvgIpc) is 2.60. The Hall–Kier alpha value is -2.04. The highest BCUT2D eigenvalue weighted by Crippen LogP contribution is 2.43. The number of fused-ring (bicyclic) bond motifs is 1. The van der Waals surface area contributed by atoms with E-state index >= 15 is 0 Å². The molecule has 1 aromatic carbocycles. The molecule has 5 nitrogen and oxygen atoms in total. The second-order valence-corrected chi connectivity index (χ2v) is 6.30. The van der Waals surface area contributed by atoms with Gasteiger partial charge in [0.1, 0.15) is 0 Å². The molecule has 0 atom stereocenters. The number of carboxylic acids is 1. The maximum absolute atomic E-state index is 12.6. The Kier molecular flexibility index (Phi) is 3.35. The number of anilines is 2. The molecular weight excluding hydrogens is 268 g/mol. The van der Waals surface area contributed by atoms with Crippen molar-refractivity contribution in [3.8, 4) is 0 Å². The van der Waals surface area contributed by atoms with Gasteiger partial charge in [0.25, 0.3) is 0 Å². The molecule has 112 valence electrons. The van der Waals surface area contributed by atoms with Gasteiger partial charge in [-0.2, -0.15) is 0 Å². The predicted molar refractivity (Wildman–Crippen MR) is 80.6 cm³/mol. The Morgan fingerprint density at radius 1 is 1.33 bits per heavy atom. The second kappa shape index (κ2) is 5.06. The molecule has 21 heavy (non-hydrogen) atoms. The van der Waals surface area contributed by atoms with Crippen LogP contribution in [0.4, 0.5) is 11.4 Å². The van der Waals surface area contributed by atoms with Crippen LogP contribution in [-0.2, 0) is 4.79 Å². The van der Waals surface area contributed by atoms with E-state index in [9.17, 15) is 14.7 Å². The zero-order valence-corrected chi connectivity index (χ0v) is 12.1. The molecule has 0 bridgehead atoms. The monoisotopic (exact) mass is 288 g/mol. The molecule has 1 amide bonds. The molecule has 1 saturated carbocycles. The largest absolute Gasteiger partial charge is 0.478 e. The summed E-state index contributed by atoms with van der Waals surface area (Å²) >= 11 is 0. The lowest BCUT2D eigenvalue weighted by molar-refractivity contribution is -0.126. The van der Waals surface area contributed by atoms with E-state index in [0.717, 1.165) is 25.7 Å². The zero-order valence-electron chi connectivity index (χ0n) is 12.1. The number of carbonyl (C=O) groups is 2. The van der Waals surface area contributed by atoms with Crippen molar-refractivity contribution >= 4 is 23.3 Å². The molecule has 1 fully saturated rings. The van der Waals surface area contributed by atoms with E-state index in [1.165, 1.54) is 0 Å². The third kappa shape index (κ3) is 2.37. The number of amides is 1. The number of nitrogens with one attached hydrogen (secondary N) is 2. The van der Waals surface area contributed by atoms with E-state index in [2.05, 4.69) is 17.6 Å². The summed E-state index contributed by atoms with van der Waals surface area (Å²) < 4.78 is 0. The number of hydrogen-bond donors (Lipinski definition) is 3. The number of rotatable bonds is 1. The molecule has 0 radical (unpaired) electrons. The van der Waals surface area contributed by atoms with Gasteiger partial charge in [0.05, 0.1) is 22.4 Å². The summed E-state index contributed by atoms with van der Waals surface area (Å²) in [7, 11) is 0. The quantitative estimate of drug-likeness (QED) is 0.742. The van der Waals surface area contributed by atoms with Crippen molar-refractivity contribution in [2.45, 2.75) is 32.6 Å². The second-order valence-electron chi connectivity index (χ2n) is 6.30. The van der Waals surface area contributed by atoms with Gasteiger partial charge in [-0.3, -0.25) is 4.79 Å². The van der Waals surface area contributed by atoms with Crippen LogP contribution in [0.25, 0.3) is 0 Å². The van der Waals surface area contributed by atoms with Gasteiger partial charge in [0, 0.05) is 6.54 Å². The van der Waals surface area contributed by atoms with Crippen LogP contribution in [0, 0.1) is 11.3 Å². The molecule has 0 aromatic heterocycles. The number of carboxylic acid groups (broad SMARTS) is 1. The van der Waals surface area contributed by atoms with Crippen LogP contribution in [0.2, 0.25) is 0 Å². The standard InChI is InChI=1S/C16H20N2O3/c1-10-5-7-16(8-6-10)9-17-13-11(14(19)20)3-2-4-12(13)18-15(16)21/h2-4,10,17H,5-9H2,1H3,(H,18,21)(H,19,20). The molecule has 3 N–H and O–H groups in total. The Labute approximate surface area is 123 Å². The first-order chi connectivity index (χ1) is 10.0. The van der Waals surface area contributed by atoms with Crippen molar-refractivity contribution in [3.05, 3.63) is 23.8 Å². The SMILES string of the molecule is CC1CCC2(CC1)CNc1c(cccc1C(=O)O)NC2=O. The average molecular weight is 288 g/mol. The highest BCUT2D eigenvalue weighted by atomic mass is 16.4. The van der Waals surface area contributed by atoms with Crippen LogP contribution in [0.15, 0.2) is 18.2 Å². The fraction of sp³-hybridized carbons (Fsp3) is 0.500. The third-order valence-electron chi connectivity index (χ3n) is 4.86. The van der Waals surface area contributed by atoms with Gasteiger partial charge in [0.15, 0.2) is 0 Å². The van der Waals surface area contributed by atoms with Crippen LogP contribution >= 0.6 is 0 Å². The Morgan fingerprint density at radius 3 is 2.71 bits per heavy atom. The number of hydrogen-bond acceptors (Lipinski definition) is 3. The topological polar surface area (TPSA) is 78.4 Å². The van der Waals surface area contributed by atoms with E-state index < -0.39 is 11.4 Å². The number of para-hydroxylation sites is 1. The molecule has 3 rings (SSSR count). The maximum atomic E-state index is 12.6. The van der Waals surface area contributed by atoms with Crippen LogP contribution < -0.4 is 10.6 Å². The molecule has 0 unspecified atom stereocenters. The van der Waals surface area contributed by atoms with E-state index in [0.29, 0.717) is 23.8 Å². The van der Waals surface area contributed by atoms with Crippen molar-refractivity contribution in [2.24, 2.45) is 11.3 Å². The van der Waals surface area contributed by atoms with E-state index in [4.69, 9.17) is 0 Å². The predicted octanol–water partition coefficient (Wildman–Crippen LogP) is 2.95. The summed E-state index contributed by atoms with van der Waals surface area (Å²) in [4.78, 5) is 24.0. The highest BCUT2D eigenvalue weighted by molar-refractivity contribution is 6.05. The van der Waals surface area contributed by atoms with Crippen LogP contribution in [0.3, 0.4) is 0 Å². The smallest absolute Gasteiger partial charge is 0.337 e. The van der Waals surface area contributed by atoms with Crippen LogP contribution in [0.5, 0.6) is 0 Å². The molecule has 0 saturated heterocycles. The van der Waals surface area contributed by atoms with Gasteiger partial charge in [-0.05, 0) is 43.7 Å². The van der Waals surface area contributed by atoms with Crippen LogP contribution in [0.1, 0.15) is 43.0 Å². The molecule has 1 aliphatic carbocycles. The normalized spacial score (nSPS) is 28.2. The first kappa shape index (κ1) is 13.9. The summed E-state index contributed by atoms with van der Waals surface area (Å²) in [5.41, 5.74) is 0.875. The van der Waals surface area contributed by atoms with Gasteiger partial charge in [0.2, 0.25) is 5.91 Å². The van der Waals surface area contributed by atoms with Crippen LogP contribution in [-0.4, -0.2) is 23.5 Å². The Morgan fingerprint density at radius 2 is 2.05 bits per heavy atom. The summed E-state index contributed by atoms with van der Waals surface area (Å²) in [6.45, 7) is 2.72. The molecule has 1 spiro atoms. The summed E-state index contributed by atoms with van der Waals surface area (Å²) in [5, 5.41) is 15.4. The number of benzene rings is 1. The van der Waals surface area contributed by atoms with Crippen molar-refractivity contribution in [2.75, 3.05) is 17.2 Å². The minimum absolute atomic E-state index is 0.0168. The van der Waals surface area contributed by atoms with Gasteiger partial charge >= 0.3 is 5.97 Å². The van der Waals surface area contributed by atoms with Crippen molar-refractivity contribution in [1.29, 1.82) is 0 Å². The van der Waals surface area contributed by atoms with E-state index in [-0.39, 0.29) is 11.5 Å². The van der Waals surface area contributed by atoms with Crippen molar-refractivity contribution < 1.29 is 14.7 Å². The summed E-state index contributed by atoms with van der Waals surface area (Å²) in [5.74, 6) is -0.311. The first-order valence-corrected chi connectivity index (χ1v) is 7.43. The lowest BCUT2D eigenvalue weighted by Crippen LogP contribution is -2.42. The van der Waals surface area contributed by atoms with Crippen molar-refractivity contribution in [3.63, 3.8) is 0 Å². The fourth-order valence-electron chi connectivity index (χ4n) is 3.34. The molecule has 1 aliphatic heterocycles. The van der Waals surface area contributed by atoms with Crippen molar-refractivity contribution in [1.82, 2.24) is 0 Å². The number of carbonyl (C=O) groups excluding carboxylic acids is 1. The molecular formula is C16H20N2O3. The molecule has 1 aromatic rings. The maximum Gasteiger partial charge on any atom is 0.337 e. The Bertz CT molecular complexity index is 589. The minimum Gasteiger partial charge on any atom is -0.478 e. The molecule has 2 aliphatic rings. The highest BCUT2D eigenvalue weighted by Gasteiger charge is 2.42. The van der Waals surface area contributed by atoms with Gasteiger partial charge in [-0.25, -0.2) is 4.79 Å². The summed E-state index contributed by atoms with van der Waals surface area (Å²) in [6.07, 6.45) is 3.78. The molecule has 5 heteroatoms. The summed E-state index contributed by atoms with van der Waals surface area (Å²) in [6, 6.07) is 4.96. The Balaban J connectivity index is 1.94. The number of aromatic carboxylic acids is 1. The van der Waals surface area contributed by atoms with Gasteiger partial charge in [-0.15, -0.1) is 0 Å².